The molecule has 90 valence electrons. The number of aryl methyl sites for hydroxylation is 1. The van der Waals surface area contributed by atoms with Crippen molar-refractivity contribution in [1.29, 1.82) is 0 Å². The Kier molecular flexibility index (Phi) is 3.31. The normalized spacial score (nSPS) is 18.4. The number of hydrogen-bond acceptors (Lipinski definition) is 1. The predicted molar refractivity (Wildman–Crippen MR) is 74.7 cm³/mol. The van der Waals surface area contributed by atoms with Crippen molar-refractivity contribution in [2.45, 2.75) is 17.7 Å². The maximum atomic E-state index is 12.4. The minimum atomic E-state index is 0.217. The van der Waals surface area contributed by atoms with Crippen molar-refractivity contribution in [3.05, 3.63) is 65.7 Å². The van der Waals surface area contributed by atoms with Gasteiger partial charge >= 0.3 is 113 Å². The summed E-state index contributed by atoms with van der Waals surface area (Å²) in [5.41, 5.74) is 2.18. The van der Waals surface area contributed by atoms with E-state index in [-0.39, 0.29) is 19.8 Å². The molecule has 0 spiro atoms. The molecule has 0 heterocycles. The molecule has 1 aliphatic carbocycles. The summed E-state index contributed by atoms with van der Waals surface area (Å²) < 4.78 is 1.32. The first-order valence-corrected chi connectivity index (χ1v) is 8.03. The molecule has 0 bridgehead atoms. The summed E-state index contributed by atoms with van der Waals surface area (Å²) in [7, 11) is 0. The van der Waals surface area contributed by atoms with Crippen molar-refractivity contribution in [3.8, 4) is 0 Å². The topological polar surface area (TPSA) is 17.1 Å². The number of fused-ring (bicyclic) bond motifs is 1. The fourth-order valence-electron chi connectivity index (χ4n) is 2.35. The van der Waals surface area contributed by atoms with E-state index in [1.165, 1.54) is 10.0 Å². The van der Waals surface area contributed by atoms with Crippen LogP contribution in [0, 0.1) is 0 Å². The number of rotatable bonds is 2. The second-order valence-corrected chi connectivity index (χ2v) is 7.16. The van der Waals surface area contributed by atoms with Crippen molar-refractivity contribution >= 4 is 25.2 Å². The third-order valence-corrected chi connectivity index (χ3v) is 5.96. The average molecular weight is 301 g/mol. The maximum absolute atomic E-state index is 12.4. The van der Waals surface area contributed by atoms with Crippen LogP contribution in [0.3, 0.4) is 0 Å². The van der Waals surface area contributed by atoms with E-state index >= 15 is 0 Å². The predicted octanol–water partition coefficient (Wildman–Crippen LogP) is 2.63. The molecule has 0 saturated heterocycles. The van der Waals surface area contributed by atoms with Crippen LogP contribution in [-0.4, -0.2) is 20.7 Å². The van der Waals surface area contributed by atoms with E-state index in [1.54, 1.807) is 0 Å². The van der Waals surface area contributed by atoms with Crippen LogP contribution >= 0.6 is 0 Å². The van der Waals surface area contributed by atoms with Gasteiger partial charge in [0, 0.05) is 0 Å². The van der Waals surface area contributed by atoms with Gasteiger partial charge in [0.1, 0.15) is 0 Å². The van der Waals surface area contributed by atoms with Crippen LogP contribution in [0.15, 0.2) is 54.6 Å². The molecule has 0 aliphatic heterocycles. The SMILES string of the molecule is O=C1c2ccccc2CCC1[Se]c1ccccc1. The number of Topliss-reactive ketones (excluding diaryl/α,β-unsaturated/α-hetero) is 1. The summed E-state index contributed by atoms with van der Waals surface area (Å²) in [6.45, 7) is 0. The summed E-state index contributed by atoms with van der Waals surface area (Å²) in [5, 5.41) is 0. The molecule has 0 fully saturated rings. The summed E-state index contributed by atoms with van der Waals surface area (Å²) in [5.74, 6) is 0.348. The van der Waals surface area contributed by atoms with Crippen LogP contribution in [-0.2, 0) is 6.42 Å². The number of benzene rings is 2. The second kappa shape index (κ2) is 5.09. The van der Waals surface area contributed by atoms with Gasteiger partial charge in [0.25, 0.3) is 0 Å². The fraction of sp³-hybridized carbons (Fsp3) is 0.188. The van der Waals surface area contributed by atoms with Crippen LogP contribution in [0.1, 0.15) is 22.3 Å². The Morgan fingerprint density at radius 1 is 0.944 bits per heavy atom. The third kappa shape index (κ3) is 2.27. The standard InChI is InChI=1S/C16H14OSe/c17-16-14-9-5-4-6-12(14)10-11-15(16)18-13-7-2-1-3-8-13/h1-9,15H,10-11H2. The van der Waals surface area contributed by atoms with Crippen LogP contribution in [0.5, 0.6) is 0 Å². The van der Waals surface area contributed by atoms with Gasteiger partial charge < -0.3 is 0 Å². The molecule has 1 unspecified atom stereocenters. The van der Waals surface area contributed by atoms with E-state index in [0.717, 1.165) is 18.4 Å². The summed E-state index contributed by atoms with van der Waals surface area (Å²) in [6.07, 6.45) is 2.05. The molecule has 0 amide bonds. The number of carbonyl (C=O) groups is 1. The van der Waals surface area contributed by atoms with Crippen molar-refractivity contribution in [3.63, 3.8) is 0 Å². The van der Waals surface area contributed by atoms with Gasteiger partial charge in [0.15, 0.2) is 0 Å². The van der Waals surface area contributed by atoms with E-state index < -0.39 is 0 Å². The van der Waals surface area contributed by atoms with Gasteiger partial charge in [0.2, 0.25) is 0 Å². The molecule has 0 radical (unpaired) electrons. The molecule has 1 nitrogen and oxygen atoms in total. The van der Waals surface area contributed by atoms with Gasteiger partial charge in [-0.05, 0) is 0 Å². The summed E-state index contributed by atoms with van der Waals surface area (Å²) in [4.78, 5) is 12.7. The quantitative estimate of drug-likeness (QED) is 0.779. The molecule has 18 heavy (non-hydrogen) atoms. The van der Waals surface area contributed by atoms with Crippen molar-refractivity contribution in [2.24, 2.45) is 0 Å². The number of carbonyl (C=O) groups excluding carboxylic acids is 1. The Balaban J connectivity index is 1.83. The van der Waals surface area contributed by atoms with E-state index in [0.29, 0.717) is 5.78 Å². The van der Waals surface area contributed by atoms with Gasteiger partial charge in [-0.25, -0.2) is 0 Å². The van der Waals surface area contributed by atoms with E-state index in [4.69, 9.17) is 0 Å². The molecule has 0 saturated carbocycles. The Bertz CT molecular complexity index is 562. The molecular weight excluding hydrogens is 287 g/mol. The molecule has 0 aromatic heterocycles. The van der Waals surface area contributed by atoms with Crippen LogP contribution in [0.2, 0.25) is 4.82 Å². The summed E-state index contributed by atoms with van der Waals surface area (Å²) in [6, 6.07) is 18.4. The van der Waals surface area contributed by atoms with Crippen molar-refractivity contribution in [2.75, 3.05) is 0 Å². The minimum absolute atomic E-state index is 0.217. The zero-order valence-electron chi connectivity index (χ0n) is 10.0. The molecule has 2 aromatic rings. The number of ketones is 1. The fourth-order valence-corrected chi connectivity index (χ4v) is 4.68. The molecule has 2 aromatic carbocycles. The molecule has 1 atom stereocenters. The van der Waals surface area contributed by atoms with Crippen molar-refractivity contribution in [1.82, 2.24) is 0 Å². The summed E-state index contributed by atoms with van der Waals surface area (Å²) >= 11 is 0.256. The zero-order chi connectivity index (χ0) is 12.4. The molecule has 1 aliphatic rings. The van der Waals surface area contributed by atoms with Gasteiger partial charge in [-0.1, -0.05) is 0 Å². The van der Waals surface area contributed by atoms with Crippen LogP contribution in [0.4, 0.5) is 0 Å². The second-order valence-electron chi connectivity index (χ2n) is 4.48. The Morgan fingerprint density at radius 3 is 2.50 bits per heavy atom. The molecule has 3 rings (SSSR count). The first-order valence-electron chi connectivity index (χ1n) is 6.18. The Morgan fingerprint density at radius 2 is 1.67 bits per heavy atom. The molecular formula is C16H14OSe. The van der Waals surface area contributed by atoms with E-state index in [1.807, 2.05) is 24.3 Å². The first-order chi connectivity index (χ1) is 8.84. The van der Waals surface area contributed by atoms with Crippen molar-refractivity contribution < 1.29 is 4.79 Å². The molecule has 0 N–H and O–H groups in total. The first kappa shape index (κ1) is 11.7. The third-order valence-electron chi connectivity index (χ3n) is 3.27. The Labute approximate surface area is 113 Å². The van der Waals surface area contributed by atoms with Gasteiger partial charge in [-0.15, -0.1) is 0 Å². The average Bonchev–Trinajstić information content (AvgIpc) is 2.43. The van der Waals surface area contributed by atoms with Gasteiger partial charge in [-0.3, -0.25) is 0 Å². The monoisotopic (exact) mass is 302 g/mol. The van der Waals surface area contributed by atoms with E-state index in [9.17, 15) is 4.79 Å². The zero-order valence-corrected chi connectivity index (χ0v) is 11.7. The Hall–Kier alpha value is -1.37. The van der Waals surface area contributed by atoms with Gasteiger partial charge in [0.05, 0.1) is 0 Å². The van der Waals surface area contributed by atoms with Crippen LogP contribution < -0.4 is 4.46 Å². The van der Waals surface area contributed by atoms with Gasteiger partial charge in [-0.2, -0.15) is 0 Å². The number of hydrogen-bond donors (Lipinski definition) is 0. The van der Waals surface area contributed by atoms with E-state index in [2.05, 4.69) is 30.3 Å². The van der Waals surface area contributed by atoms with Crippen LogP contribution in [0.25, 0.3) is 0 Å². The molecule has 2 heteroatoms.